The Morgan fingerprint density at radius 2 is 1.95 bits per heavy atom. The van der Waals surface area contributed by atoms with Gasteiger partial charge < -0.3 is 5.32 Å². The van der Waals surface area contributed by atoms with Gasteiger partial charge in [-0.3, -0.25) is 0 Å². The van der Waals surface area contributed by atoms with E-state index in [2.05, 4.69) is 46.4 Å². The molecule has 0 atom stereocenters. The Balaban J connectivity index is 2.48. The maximum absolute atomic E-state index is 4.58. The van der Waals surface area contributed by atoms with Gasteiger partial charge >= 0.3 is 0 Å². The molecule has 5 heteroatoms. The van der Waals surface area contributed by atoms with Gasteiger partial charge in [0.25, 0.3) is 0 Å². The van der Waals surface area contributed by atoms with Crippen molar-refractivity contribution in [1.82, 2.24) is 25.1 Å². The molecule has 0 unspecified atom stereocenters. The zero-order valence-corrected chi connectivity index (χ0v) is 12.1. The number of hydrogen-bond donors (Lipinski definition) is 1. The van der Waals surface area contributed by atoms with Crippen molar-refractivity contribution >= 4 is 0 Å². The van der Waals surface area contributed by atoms with Crippen LogP contribution in [0.15, 0.2) is 12.1 Å². The predicted octanol–water partition coefficient (Wildman–Crippen LogP) is 1.81. The van der Waals surface area contributed by atoms with E-state index in [1.165, 1.54) is 5.56 Å². The SMILES string of the molecule is CCc1nc(CC)n(-c2cc(CNC)cc(C)n2)n1. The topological polar surface area (TPSA) is 55.6 Å². The van der Waals surface area contributed by atoms with Crippen LogP contribution >= 0.6 is 0 Å². The zero-order chi connectivity index (χ0) is 13.8. The standard InChI is InChI=1S/C14H21N5/c1-5-12-17-13(6-2)19(18-12)14-8-11(9-15-4)7-10(3)16-14/h7-8,15H,5-6,9H2,1-4H3. The molecule has 5 nitrogen and oxygen atoms in total. The number of aromatic nitrogens is 4. The summed E-state index contributed by atoms with van der Waals surface area (Å²) in [5.74, 6) is 2.69. The molecule has 0 bridgehead atoms. The normalized spacial score (nSPS) is 10.9. The lowest BCUT2D eigenvalue weighted by Crippen LogP contribution is -2.10. The molecule has 102 valence electrons. The van der Waals surface area contributed by atoms with Gasteiger partial charge in [-0.1, -0.05) is 13.8 Å². The first-order valence-electron chi connectivity index (χ1n) is 6.75. The number of rotatable bonds is 5. The van der Waals surface area contributed by atoms with Crippen LogP contribution in [0.2, 0.25) is 0 Å². The van der Waals surface area contributed by atoms with Gasteiger partial charge in [-0.15, -0.1) is 5.10 Å². The van der Waals surface area contributed by atoms with Crippen molar-refractivity contribution in [2.24, 2.45) is 0 Å². The second-order valence-corrected chi connectivity index (χ2v) is 4.57. The summed E-state index contributed by atoms with van der Waals surface area (Å²) in [7, 11) is 1.94. The summed E-state index contributed by atoms with van der Waals surface area (Å²) in [4.78, 5) is 9.10. The first kappa shape index (κ1) is 13.7. The molecule has 2 heterocycles. The summed E-state index contributed by atoms with van der Waals surface area (Å²) in [5.41, 5.74) is 2.21. The van der Waals surface area contributed by atoms with E-state index >= 15 is 0 Å². The molecule has 0 fully saturated rings. The third kappa shape index (κ3) is 2.98. The molecule has 2 aromatic rings. The Bertz CT molecular complexity index is 559. The van der Waals surface area contributed by atoms with E-state index in [1.54, 1.807) is 0 Å². The first-order valence-corrected chi connectivity index (χ1v) is 6.75. The second kappa shape index (κ2) is 5.93. The summed E-state index contributed by atoms with van der Waals surface area (Å²) in [6.07, 6.45) is 1.69. The summed E-state index contributed by atoms with van der Waals surface area (Å²) in [5, 5.41) is 7.70. The molecule has 0 aliphatic heterocycles. The van der Waals surface area contributed by atoms with Crippen molar-refractivity contribution in [3.05, 3.63) is 35.0 Å². The van der Waals surface area contributed by atoms with Crippen molar-refractivity contribution in [3.8, 4) is 5.82 Å². The van der Waals surface area contributed by atoms with E-state index in [1.807, 2.05) is 18.7 Å². The van der Waals surface area contributed by atoms with Crippen molar-refractivity contribution < 1.29 is 0 Å². The van der Waals surface area contributed by atoms with Crippen LogP contribution in [-0.2, 0) is 19.4 Å². The molecular formula is C14H21N5. The molecule has 0 aromatic carbocycles. The predicted molar refractivity (Wildman–Crippen MR) is 75.4 cm³/mol. The molecule has 0 aliphatic rings. The highest BCUT2D eigenvalue weighted by Crippen LogP contribution is 2.12. The Labute approximate surface area is 114 Å². The van der Waals surface area contributed by atoms with Crippen LogP contribution in [0.4, 0.5) is 0 Å². The van der Waals surface area contributed by atoms with E-state index in [9.17, 15) is 0 Å². The fourth-order valence-corrected chi connectivity index (χ4v) is 2.09. The van der Waals surface area contributed by atoms with Crippen LogP contribution in [0, 0.1) is 6.92 Å². The summed E-state index contributed by atoms with van der Waals surface area (Å²) in [6.45, 7) is 6.98. The zero-order valence-electron chi connectivity index (χ0n) is 12.1. The molecule has 0 amide bonds. The van der Waals surface area contributed by atoms with E-state index in [4.69, 9.17) is 0 Å². The summed E-state index contributed by atoms with van der Waals surface area (Å²) >= 11 is 0. The summed E-state index contributed by atoms with van der Waals surface area (Å²) < 4.78 is 1.87. The van der Waals surface area contributed by atoms with Crippen LogP contribution in [0.25, 0.3) is 5.82 Å². The molecule has 0 radical (unpaired) electrons. The molecule has 2 rings (SSSR count). The van der Waals surface area contributed by atoms with E-state index < -0.39 is 0 Å². The Hall–Kier alpha value is -1.75. The Morgan fingerprint density at radius 1 is 1.16 bits per heavy atom. The van der Waals surface area contributed by atoms with Gasteiger partial charge in [-0.25, -0.2) is 9.97 Å². The van der Waals surface area contributed by atoms with E-state index in [0.717, 1.165) is 42.5 Å². The van der Waals surface area contributed by atoms with Gasteiger partial charge in [-0.2, -0.15) is 4.68 Å². The van der Waals surface area contributed by atoms with E-state index in [0.29, 0.717) is 0 Å². The van der Waals surface area contributed by atoms with E-state index in [-0.39, 0.29) is 0 Å². The van der Waals surface area contributed by atoms with Crippen molar-refractivity contribution in [2.75, 3.05) is 7.05 Å². The van der Waals surface area contributed by atoms with Crippen molar-refractivity contribution in [1.29, 1.82) is 0 Å². The highest BCUT2D eigenvalue weighted by Gasteiger charge is 2.11. The number of nitrogens with zero attached hydrogens (tertiary/aromatic N) is 4. The maximum Gasteiger partial charge on any atom is 0.156 e. The van der Waals surface area contributed by atoms with Crippen LogP contribution in [-0.4, -0.2) is 26.8 Å². The largest absolute Gasteiger partial charge is 0.316 e. The van der Waals surface area contributed by atoms with Gasteiger partial charge in [0.1, 0.15) is 5.82 Å². The average molecular weight is 259 g/mol. The summed E-state index contributed by atoms with van der Waals surface area (Å²) in [6, 6.07) is 4.15. The minimum atomic E-state index is 0.827. The molecule has 19 heavy (non-hydrogen) atoms. The number of aryl methyl sites for hydroxylation is 3. The Kier molecular flexibility index (Phi) is 4.27. The molecular weight excluding hydrogens is 238 g/mol. The fourth-order valence-electron chi connectivity index (χ4n) is 2.09. The molecule has 0 spiro atoms. The van der Waals surface area contributed by atoms with Gasteiger partial charge in [0, 0.05) is 25.1 Å². The third-order valence-corrected chi connectivity index (χ3v) is 2.95. The highest BCUT2D eigenvalue weighted by atomic mass is 15.4. The Morgan fingerprint density at radius 3 is 2.58 bits per heavy atom. The number of nitrogens with one attached hydrogen (secondary N) is 1. The molecule has 0 saturated carbocycles. The fraction of sp³-hybridized carbons (Fsp3) is 0.500. The van der Waals surface area contributed by atoms with Crippen LogP contribution < -0.4 is 5.32 Å². The van der Waals surface area contributed by atoms with Gasteiger partial charge in [0.05, 0.1) is 0 Å². The molecule has 2 aromatic heterocycles. The number of pyridine rings is 1. The minimum Gasteiger partial charge on any atom is -0.316 e. The van der Waals surface area contributed by atoms with Gasteiger partial charge in [0.2, 0.25) is 0 Å². The quantitative estimate of drug-likeness (QED) is 0.890. The molecule has 0 aliphatic carbocycles. The lowest BCUT2D eigenvalue weighted by Gasteiger charge is -2.08. The maximum atomic E-state index is 4.58. The molecule has 1 N–H and O–H groups in total. The van der Waals surface area contributed by atoms with Gasteiger partial charge in [-0.05, 0) is 31.7 Å². The van der Waals surface area contributed by atoms with Crippen molar-refractivity contribution in [3.63, 3.8) is 0 Å². The van der Waals surface area contributed by atoms with Crippen molar-refractivity contribution in [2.45, 2.75) is 40.2 Å². The van der Waals surface area contributed by atoms with Crippen LogP contribution in [0.1, 0.15) is 36.8 Å². The smallest absolute Gasteiger partial charge is 0.156 e. The molecule has 0 saturated heterocycles. The average Bonchev–Trinajstić information content (AvgIpc) is 2.81. The lowest BCUT2D eigenvalue weighted by molar-refractivity contribution is 0.756. The van der Waals surface area contributed by atoms with Crippen LogP contribution in [0.3, 0.4) is 0 Å². The monoisotopic (exact) mass is 259 g/mol. The lowest BCUT2D eigenvalue weighted by atomic mass is 10.2. The second-order valence-electron chi connectivity index (χ2n) is 4.57. The minimum absolute atomic E-state index is 0.827. The number of hydrogen-bond acceptors (Lipinski definition) is 4. The highest BCUT2D eigenvalue weighted by molar-refractivity contribution is 5.31. The third-order valence-electron chi connectivity index (χ3n) is 2.95. The van der Waals surface area contributed by atoms with Crippen LogP contribution in [0.5, 0.6) is 0 Å². The van der Waals surface area contributed by atoms with Gasteiger partial charge in [0.15, 0.2) is 11.6 Å². The first-order chi connectivity index (χ1) is 9.17.